The fourth-order valence-electron chi connectivity index (χ4n) is 3.57. The van der Waals surface area contributed by atoms with Crippen molar-refractivity contribution in [1.29, 1.82) is 0 Å². The van der Waals surface area contributed by atoms with Crippen molar-refractivity contribution in [3.8, 4) is 11.3 Å². The van der Waals surface area contributed by atoms with Crippen LogP contribution in [0, 0.1) is 6.92 Å². The van der Waals surface area contributed by atoms with Crippen molar-refractivity contribution < 1.29 is 0 Å². The van der Waals surface area contributed by atoms with Gasteiger partial charge in [-0.25, -0.2) is 4.98 Å². The Morgan fingerprint density at radius 1 is 1.28 bits per heavy atom. The lowest BCUT2D eigenvalue weighted by atomic mass is 10.1. The van der Waals surface area contributed by atoms with E-state index in [0.29, 0.717) is 12.0 Å². The average molecular weight is 336 g/mol. The summed E-state index contributed by atoms with van der Waals surface area (Å²) in [7, 11) is 0. The number of anilines is 1. The third-order valence-corrected chi connectivity index (χ3v) is 4.98. The molecule has 0 unspecified atom stereocenters. The normalized spacial score (nSPS) is 18.6. The molecule has 1 atom stereocenters. The maximum Gasteiger partial charge on any atom is 0.243 e. The van der Waals surface area contributed by atoms with Crippen molar-refractivity contribution >= 4 is 16.9 Å². The molecule has 0 amide bonds. The molecule has 1 saturated heterocycles. The Bertz CT molecular complexity index is 871. The second-order valence-electron chi connectivity index (χ2n) is 6.73. The van der Waals surface area contributed by atoms with E-state index in [9.17, 15) is 0 Å². The monoisotopic (exact) mass is 336 g/mol. The van der Waals surface area contributed by atoms with Gasteiger partial charge < -0.3 is 15.2 Å². The molecule has 1 aliphatic rings. The number of aryl methyl sites for hydroxylation is 1. The Labute approximate surface area is 147 Å². The standard InChI is InChI=1S/C19H24N6/c1-3-25-10-4-5-16(12-25)22-19-21-13(2)18(23-24-19)15-7-6-14-8-9-20-17(14)11-15/h6-9,11,16,20H,3-5,10,12H2,1-2H3,(H,21,22,24)/t16-/m1/s1. The number of likely N-dealkylation sites (N-methyl/N-ethyl adjacent to an activating group) is 1. The van der Waals surface area contributed by atoms with Crippen molar-refractivity contribution in [3.63, 3.8) is 0 Å². The Hall–Kier alpha value is -2.47. The van der Waals surface area contributed by atoms with Crippen LogP contribution in [0.1, 0.15) is 25.5 Å². The van der Waals surface area contributed by atoms with E-state index in [2.05, 4.69) is 61.6 Å². The number of fused-ring (bicyclic) bond motifs is 1. The van der Waals surface area contributed by atoms with Gasteiger partial charge in [0.1, 0.15) is 5.69 Å². The van der Waals surface area contributed by atoms with Crippen LogP contribution in [0.3, 0.4) is 0 Å². The third kappa shape index (κ3) is 3.35. The van der Waals surface area contributed by atoms with Gasteiger partial charge in [0.25, 0.3) is 0 Å². The number of likely N-dealkylation sites (tertiary alicyclic amines) is 1. The van der Waals surface area contributed by atoms with E-state index >= 15 is 0 Å². The molecule has 1 fully saturated rings. The van der Waals surface area contributed by atoms with Gasteiger partial charge >= 0.3 is 0 Å². The smallest absolute Gasteiger partial charge is 0.243 e. The van der Waals surface area contributed by atoms with E-state index in [-0.39, 0.29) is 0 Å². The third-order valence-electron chi connectivity index (χ3n) is 4.98. The van der Waals surface area contributed by atoms with Gasteiger partial charge in [0, 0.05) is 29.9 Å². The molecule has 0 radical (unpaired) electrons. The van der Waals surface area contributed by atoms with Gasteiger partial charge in [-0.05, 0) is 50.4 Å². The van der Waals surface area contributed by atoms with Crippen molar-refractivity contribution in [2.75, 3.05) is 25.0 Å². The van der Waals surface area contributed by atoms with Crippen LogP contribution in [0.4, 0.5) is 5.95 Å². The number of nitrogens with zero attached hydrogens (tertiary/aromatic N) is 4. The molecule has 4 rings (SSSR count). The first-order valence-electron chi connectivity index (χ1n) is 9.00. The largest absolute Gasteiger partial charge is 0.361 e. The Balaban J connectivity index is 1.54. The molecule has 25 heavy (non-hydrogen) atoms. The van der Waals surface area contributed by atoms with E-state index in [1.54, 1.807) is 0 Å². The molecule has 6 heteroatoms. The van der Waals surface area contributed by atoms with Crippen LogP contribution in [-0.4, -0.2) is 50.7 Å². The molecular formula is C19H24N6. The Morgan fingerprint density at radius 2 is 2.20 bits per heavy atom. The summed E-state index contributed by atoms with van der Waals surface area (Å²) in [6.07, 6.45) is 4.32. The van der Waals surface area contributed by atoms with Crippen LogP contribution < -0.4 is 5.32 Å². The van der Waals surface area contributed by atoms with E-state index in [0.717, 1.165) is 42.0 Å². The van der Waals surface area contributed by atoms with Crippen molar-refractivity contribution in [2.45, 2.75) is 32.7 Å². The van der Waals surface area contributed by atoms with Crippen molar-refractivity contribution in [3.05, 3.63) is 36.2 Å². The number of H-pyrrole nitrogens is 1. The number of hydrogen-bond acceptors (Lipinski definition) is 5. The summed E-state index contributed by atoms with van der Waals surface area (Å²) in [5.41, 5.74) is 3.86. The zero-order chi connectivity index (χ0) is 17.2. The van der Waals surface area contributed by atoms with Crippen molar-refractivity contribution in [2.24, 2.45) is 0 Å². The molecule has 0 bridgehead atoms. The predicted octanol–water partition coefficient (Wildman–Crippen LogP) is 3.22. The summed E-state index contributed by atoms with van der Waals surface area (Å²) in [5, 5.41) is 13.4. The second-order valence-corrected chi connectivity index (χ2v) is 6.73. The van der Waals surface area contributed by atoms with E-state index in [4.69, 9.17) is 0 Å². The number of nitrogens with one attached hydrogen (secondary N) is 2. The highest BCUT2D eigenvalue weighted by Gasteiger charge is 2.19. The Kier molecular flexibility index (Phi) is 4.36. The summed E-state index contributed by atoms with van der Waals surface area (Å²) in [4.78, 5) is 10.3. The lowest BCUT2D eigenvalue weighted by Gasteiger charge is -2.32. The molecule has 3 heterocycles. The highest BCUT2D eigenvalue weighted by Crippen LogP contribution is 2.24. The van der Waals surface area contributed by atoms with Crippen LogP contribution >= 0.6 is 0 Å². The van der Waals surface area contributed by atoms with E-state index in [1.165, 1.54) is 18.4 Å². The minimum absolute atomic E-state index is 0.399. The summed E-state index contributed by atoms with van der Waals surface area (Å²) in [6.45, 7) is 7.53. The van der Waals surface area contributed by atoms with Gasteiger partial charge in [-0.3, -0.25) is 0 Å². The van der Waals surface area contributed by atoms with E-state index < -0.39 is 0 Å². The quantitative estimate of drug-likeness (QED) is 0.765. The minimum Gasteiger partial charge on any atom is -0.361 e. The Morgan fingerprint density at radius 3 is 3.04 bits per heavy atom. The summed E-state index contributed by atoms with van der Waals surface area (Å²) in [6, 6.07) is 8.72. The van der Waals surface area contributed by atoms with Crippen LogP contribution in [-0.2, 0) is 0 Å². The summed E-state index contributed by atoms with van der Waals surface area (Å²) < 4.78 is 0. The summed E-state index contributed by atoms with van der Waals surface area (Å²) >= 11 is 0. The van der Waals surface area contributed by atoms with Gasteiger partial charge in [0.2, 0.25) is 5.95 Å². The van der Waals surface area contributed by atoms with Crippen LogP contribution in [0.5, 0.6) is 0 Å². The van der Waals surface area contributed by atoms with Gasteiger partial charge in [0.05, 0.1) is 5.69 Å². The summed E-state index contributed by atoms with van der Waals surface area (Å²) in [5.74, 6) is 0.630. The van der Waals surface area contributed by atoms with E-state index in [1.807, 2.05) is 13.1 Å². The highest BCUT2D eigenvalue weighted by molar-refractivity contribution is 5.84. The SMILES string of the molecule is CCN1CCC[C@@H](Nc2nnc(-c3ccc4cc[nH]c4c3)c(C)n2)C1. The lowest BCUT2D eigenvalue weighted by molar-refractivity contribution is 0.226. The molecule has 0 saturated carbocycles. The molecule has 1 aliphatic heterocycles. The highest BCUT2D eigenvalue weighted by atomic mass is 15.3. The molecule has 6 nitrogen and oxygen atoms in total. The molecule has 3 aromatic rings. The molecular weight excluding hydrogens is 312 g/mol. The molecule has 0 spiro atoms. The van der Waals surface area contributed by atoms with Crippen molar-refractivity contribution in [1.82, 2.24) is 25.1 Å². The zero-order valence-corrected chi connectivity index (χ0v) is 14.8. The first-order chi connectivity index (χ1) is 12.2. The van der Waals surface area contributed by atoms with Gasteiger partial charge in [0.15, 0.2) is 0 Å². The average Bonchev–Trinajstić information content (AvgIpc) is 3.10. The molecule has 130 valence electrons. The van der Waals surface area contributed by atoms with Crippen LogP contribution in [0.25, 0.3) is 22.2 Å². The fourth-order valence-corrected chi connectivity index (χ4v) is 3.57. The maximum absolute atomic E-state index is 4.65. The van der Waals surface area contributed by atoms with Gasteiger partial charge in [-0.15, -0.1) is 10.2 Å². The number of piperidine rings is 1. The number of rotatable bonds is 4. The van der Waals surface area contributed by atoms with Gasteiger partial charge in [-0.1, -0.05) is 19.1 Å². The zero-order valence-electron chi connectivity index (χ0n) is 14.8. The number of hydrogen-bond donors (Lipinski definition) is 2. The van der Waals surface area contributed by atoms with Crippen LogP contribution in [0.15, 0.2) is 30.5 Å². The van der Waals surface area contributed by atoms with Gasteiger partial charge in [-0.2, -0.15) is 0 Å². The minimum atomic E-state index is 0.399. The predicted molar refractivity (Wildman–Crippen MR) is 101 cm³/mol. The maximum atomic E-state index is 4.65. The first kappa shape index (κ1) is 16.0. The lowest BCUT2D eigenvalue weighted by Crippen LogP contribution is -2.42. The topological polar surface area (TPSA) is 69.7 Å². The molecule has 0 aliphatic carbocycles. The number of benzene rings is 1. The van der Waals surface area contributed by atoms with Crippen LogP contribution in [0.2, 0.25) is 0 Å². The molecule has 1 aromatic carbocycles. The first-order valence-corrected chi connectivity index (χ1v) is 9.00. The fraction of sp³-hybridized carbons (Fsp3) is 0.421. The molecule has 2 N–H and O–H groups in total. The number of aromatic nitrogens is 4. The second kappa shape index (κ2) is 6.80. The number of aromatic amines is 1. The molecule has 2 aromatic heterocycles.